The van der Waals surface area contributed by atoms with Gasteiger partial charge in [0.1, 0.15) is 5.56 Å². The van der Waals surface area contributed by atoms with E-state index in [9.17, 15) is 18.0 Å². The van der Waals surface area contributed by atoms with Crippen molar-refractivity contribution >= 4 is 21.8 Å². The number of pyridine rings is 1. The van der Waals surface area contributed by atoms with Crippen molar-refractivity contribution < 1.29 is 27.5 Å². The first kappa shape index (κ1) is 26.9. The molecule has 0 saturated carbocycles. The van der Waals surface area contributed by atoms with Crippen LogP contribution in [0.3, 0.4) is 0 Å². The lowest BCUT2D eigenvalue weighted by atomic mass is 10.2. The van der Waals surface area contributed by atoms with Crippen LogP contribution in [0.25, 0.3) is 0 Å². The lowest BCUT2D eigenvalue weighted by molar-refractivity contribution is -0.121. The van der Waals surface area contributed by atoms with Crippen molar-refractivity contribution in [2.24, 2.45) is 0 Å². The first-order valence-electron chi connectivity index (χ1n) is 12.8. The van der Waals surface area contributed by atoms with Gasteiger partial charge in [-0.3, -0.25) is 9.59 Å². The minimum absolute atomic E-state index is 0.00489. The Morgan fingerprint density at radius 1 is 0.946 bits per heavy atom. The molecule has 2 aromatic rings. The number of nitrogens with zero attached hydrogens (tertiary/aromatic N) is 3. The van der Waals surface area contributed by atoms with Gasteiger partial charge in [0.2, 0.25) is 21.8 Å². The highest BCUT2D eigenvalue weighted by Gasteiger charge is 2.26. The van der Waals surface area contributed by atoms with Crippen LogP contribution in [0.4, 0.5) is 0 Å². The highest BCUT2D eigenvalue weighted by molar-refractivity contribution is 7.89. The van der Waals surface area contributed by atoms with Crippen LogP contribution < -0.4 is 14.8 Å². The zero-order valence-corrected chi connectivity index (χ0v) is 21.7. The topological polar surface area (TPSA) is 118 Å². The lowest BCUT2D eigenvalue weighted by Crippen LogP contribution is -2.44. The van der Waals surface area contributed by atoms with Gasteiger partial charge >= 0.3 is 0 Å². The van der Waals surface area contributed by atoms with Crippen molar-refractivity contribution in [1.82, 2.24) is 19.5 Å². The van der Waals surface area contributed by atoms with Gasteiger partial charge in [0.05, 0.1) is 18.9 Å². The predicted octanol–water partition coefficient (Wildman–Crippen LogP) is 2.81. The molecule has 200 valence electrons. The summed E-state index contributed by atoms with van der Waals surface area (Å²) in [6, 6.07) is 10.5. The van der Waals surface area contributed by atoms with Gasteiger partial charge in [-0.05, 0) is 56.4 Å². The number of para-hydroxylation sites is 2. The van der Waals surface area contributed by atoms with Crippen LogP contribution in [0, 0.1) is 0 Å². The fourth-order valence-electron chi connectivity index (χ4n) is 4.40. The fraction of sp³-hybridized carbons (Fsp3) is 0.500. The van der Waals surface area contributed by atoms with Gasteiger partial charge < -0.3 is 19.7 Å². The molecule has 0 aliphatic carbocycles. The van der Waals surface area contributed by atoms with Crippen molar-refractivity contribution in [3.05, 3.63) is 48.2 Å². The summed E-state index contributed by atoms with van der Waals surface area (Å²) in [6.45, 7) is 1.72. The van der Waals surface area contributed by atoms with Gasteiger partial charge in [-0.1, -0.05) is 18.6 Å². The fourth-order valence-corrected chi connectivity index (χ4v) is 5.83. The van der Waals surface area contributed by atoms with Crippen LogP contribution >= 0.6 is 0 Å². The minimum Gasteiger partial charge on any atom is -0.490 e. The Morgan fingerprint density at radius 2 is 1.68 bits per heavy atom. The van der Waals surface area contributed by atoms with Gasteiger partial charge in [-0.15, -0.1) is 0 Å². The monoisotopic (exact) mass is 530 g/mol. The largest absolute Gasteiger partial charge is 0.490 e. The number of hydrogen-bond acceptors (Lipinski definition) is 7. The number of sulfonamides is 1. The Bertz CT molecular complexity index is 1180. The second-order valence-electron chi connectivity index (χ2n) is 9.17. The second kappa shape index (κ2) is 12.9. The molecule has 1 fully saturated rings. The summed E-state index contributed by atoms with van der Waals surface area (Å²) >= 11 is 0. The van der Waals surface area contributed by atoms with E-state index in [-0.39, 0.29) is 36.2 Å². The molecule has 0 radical (unpaired) electrons. The van der Waals surface area contributed by atoms with Crippen molar-refractivity contribution in [2.45, 2.75) is 38.5 Å². The van der Waals surface area contributed by atoms with E-state index >= 15 is 0 Å². The number of fused-ring (bicyclic) bond motifs is 2. The third-order valence-corrected chi connectivity index (χ3v) is 8.27. The molecule has 4 rings (SSSR count). The molecule has 2 aliphatic heterocycles. The molecule has 0 bridgehead atoms. The molecule has 0 spiro atoms. The number of carbonyl (C=O) groups excluding carboxylic acids is 2. The first-order valence-corrected chi connectivity index (χ1v) is 14.4. The van der Waals surface area contributed by atoms with E-state index in [0.717, 1.165) is 32.1 Å². The summed E-state index contributed by atoms with van der Waals surface area (Å²) in [6.07, 6.45) is 6.57. The van der Waals surface area contributed by atoms with Gasteiger partial charge in [-0.25, -0.2) is 17.7 Å². The summed E-state index contributed by atoms with van der Waals surface area (Å²) in [5, 5.41) is 2.67. The van der Waals surface area contributed by atoms with Crippen LogP contribution in [-0.4, -0.2) is 79.5 Å². The van der Waals surface area contributed by atoms with Crippen molar-refractivity contribution in [1.29, 1.82) is 0 Å². The number of aromatic nitrogens is 1. The zero-order valence-electron chi connectivity index (χ0n) is 20.9. The van der Waals surface area contributed by atoms with Gasteiger partial charge in [0.15, 0.2) is 11.5 Å². The molecule has 11 heteroatoms. The van der Waals surface area contributed by atoms with Crippen molar-refractivity contribution in [2.75, 3.05) is 45.1 Å². The smallest absolute Gasteiger partial charge is 0.259 e. The number of carbonyl (C=O) groups is 2. The summed E-state index contributed by atoms with van der Waals surface area (Å²) in [5.41, 5.74) is 0.233. The standard InChI is InChI=1S/C26H34N4O6S/c31-24(27-14-19-37(33,34)30-16-6-1-7-17-30)20-29-15-5-2-8-18-35-22-11-3-4-12-23(22)36-25-21(26(29)32)10-9-13-28-25/h3-4,9-13H,1-2,5-8,14-20H2,(H,27,31). The second-order valence-corrected chi connectivity index (χ2v) is 11.3. The molecular formula is C26H34N4O6S. The quantitative estimate of drug-likeness (QED) is 0.610. The van der Waals surface area contributed by atoms with E-state index in [1.807, 2.05) is 18.2 Å². The summed E-state index contributed by atoms with van der Waals surface area (Å²) in [5.74, 6) is 0.201. The number of hydrogen-bond donors (Lipinski definition) is 1. The number of amides is 2. The molecular weight excluding hydrogens is 496 g/mol. The molecule has 1 N–H and O–H groups in total. The number of benzene rings is 1. The number of ether oxygens (including phenoxy) is 2. The highest BCUT2D eigenvalue weighted by Crippen LogP contribution is 2.32. The van der Waals surface area contributed by atoms with Gasteiger partial charge in [0, 0.05) is 32.4 Å². The number of rotatable bonds is 6. The van der Waals surface area contributed by atoms with Crippen LogP contribution in [0.5, 0.6) is 17.4 Å². The van der Waals surface area contributed by atoms with E-state index < -0.39 is 15.9 Å². The van der Waals surface area contributed by atoms with Crippen molar-refractivity contribution in [3.8, 4) is 17.4 Å². The number of piperidine rings is 1. The summed E-state index contributed by atoms with van der Waals surface area (Å²) in [4.78, 5) is 32.0. The van der Waals surface area contributed by atoms with Crippen LogP contribution in [0.1, 0.15) is 48.9 Å². The maximum Gasteiger partial charge on any atom is 0.259 e. The van der Waals surface area contributed by atoms with Crippen LogP contribution in [0.15, 0.2) is 42.6 Å². The SMILES string of the molecule is O=C(CN1CCCCCOc2ccccc2Oc2ncccc2C1=O)NCCS(=O)(=O)N1CCCCC1. The molecule has 37 heavy (non-hydrogen) atoms. The van der Waals surface area contributed by atoms with E-state index in [1.54, 1.807) is 18.2 Å². The van der Waals surface area contributed by atoms with E-state index in [2.05, 4.69) is 10.3 Å². The number of nitrogens with one attached hydrogen (secondary N) is 1. The molecule has 0 atom stereocenters. The maximum absolute atomic E-state index is 13.5. The Kier molecular flexibility index (Phi) is 9.34. The van der Waals surface area contributed by atoms with Crippen LogP contribution in [0.2, 0.25) is 0 Å². The third-order valence-electron chi connectivity index (χ3n) is 6.40. The average Bonchev–Trinajstić information content (AvgIpc) is 2.91. The molecule has 3 heterocycles. The van der Waals surface area contributed by atoms with Crippen LogP contribution in [-0.2, 0) is 14.8 Å². The molecule has 0 unspecified atom stereocenters. The first-order chi connectivity index (χ1) is 17.9. The van der Waals surface area contributed by atoms with E-state index in [1.165, 1.54) is 15.4 Å². The Hall–Kier alpha value is -3.18. The Labute approximate surface area is 218 Å². The third kappa shape index (κ3) is 7.42. The normalized spacial score (nSPS) is 17.6. The zero-order chi connectivity index (χ0) is 26.1. The van der Waals surface area contributed by atoms with E-state index in [4.69, 9.17) is 9.47 Å². The molecule has 1 saturated heterocycles. The average molecular weight is 531 g/mol. The van der Waals surface area contributed by atoms with E-state index in [0.29, 0.717) is 44.2 Å². The highest BCUT2D eigenvalue weighted by atomic mass is 32.2. The molecule has 10 nitrogen and oxygen atoms in total. The summed E-state index contributed by atoms with van der Waals surface area (Å²) in [7, 11) is -3.42. The minimum atomic E-state index is -3.42. The molecule has 1 aromatic carbocycles. The Balaban J connectivity index is 1.43. The summed E-state index contributed by atoms with van der Waals surface area (Å²) < 4.78 is 38.5. The molecule has 2 aliphatic rings. The maximum atomic E-state index is 13.5. The Morgan fingerprint density at radius 3 is 2.49 bits per heavy atom. The van der Waals surface area contributed by atoms with Crippen molar-refractivity contribution in [3.63, 3.8) is 0 Å². The van der Waals surface area contributed by atoms with Gasteiger partial charge in [-0.2, -0.15) is 0 Å². The molecule has 1 aromatic heterocycles. The van der Waals surface area contributed by atoms with Gasteiger partial charge in [0.25, 0.3) is 5.91 Å². The predicted molar refractivity (Wildman–Crippen MR) is 138 cm³/mol. The molecule has 2 amide bonds. The lowest BCUT2D eigenvalue weighted by Gasteiger charge is -2.26.